The zero-order valence-corrected chi connectivity index (χ0v) is 12.1. The maximum atomic E-state index is 6.08. The van der Waals surface area contributed by atoms with Crippen LogP contribution >= 0.6 is 23.4 Å². The van der Waals surface area contributed by atoms with Gasteiger partial charge in [-0.25, -0.2) is 9.97 Å². The van der Waals surface area contributed by atoms with Crippen LogP contribution in [0.2, 0.25) is 5.15 Å². The summed E-state index contributed by atoms with van der Waals surface area (Å²) in [4.78, 5) is 11.2. The summed E-state index contributed by atoms with van der Waals surface area (Å²) in [5.74, 6) is 4.42. The third-order valence-corrected chi connectivity index (χ3v) is 4.26. The van der Waals surface area contributed by atoms with Crippen LogP contribution in [0.1, 0.15) is 32.5 Å². The number of rotatable bonds is 2. The first-order valence-electron chi connectivity index (χ1n) is 5.97. The Balaban J connectivity index is 2.30. The quantitative estimate of drug-likeness (QED) is 0.773. The van der Waals surface area contributed by atoms with E-state index in [-0.39, 0.29) is 0 Å². The summed E-state index contributed by atoms with van der Waals surface area (Å²) in [5, 5.41) is 0.545. The summed E-state index contributed by atoms with van der Waals surface area (Å²) >= 11 is 8.08. The molecule has 0 radical (unpaired) electrons. The van der Waals surface area contributed by atoms with Crippen molar-refractivity contribution in [3.63, 3.8) is 0 Å². The lowest BCUT2D eigenvalue weighted by atomic mass is 10.2. The van der Waals surface area contributed by atoms with Gasteiger partial charge in [0.1, 0.15) is 16.8 Å². The average molecular weight is 272 g/mol. The summed E-state index contributed by atoms with van der Waals surface area (Å²) in [5.41, 5.74) is 0. The molecule has 1 unspecified atom stereocenters. The van der Waals surface area contributed by atoms with Crippen molar-refractivity contribution in [3.05, 3.63) is 17.0 Å². The average Bonchev–Trinajstić information content (AvgIpc) is 2.28. The number of anilines is 1. The molecule has 1 atom stereocenters. The van der Waals surface area contributed by atoms with Crippen LogP contribution in [-0.2, 0) is 0 Å². The second-order valence-electron chi connectivity index (χ2n) is 4.68. The van der Waals surface area contributed by atoms with Gasteiger partial charge in [0.25, 0.3) is 0 Å². The maximum absolute atomic E-state index is 6.08. The Labute approximate surface area is 112 Å². The Morgan fingerprint density at radius 1 is 1.47 bits per heavy atom. The number of hydrogen-bond acceptors (Lipinski definition) is 4. The van der Waals surface area contributed by atoms with Crippen LogP contribution in [-0.4, -0.2) is 34.1 Å². The highest BCUT2D eigenvalue weighted by Crippen LogP contribution is 2.25. The van der Waals surface area contributed by atoms with E-state index in [0.29, 0.717) is 17.1 Å². The molecule has 0 aromatic carbocycles. The molecule has 0 saturated carbocycles. The number of hydrogen-bond donors (Lipinski definition) is 0. The summed E-state index contributed by atoms with van der Waals surface area (Å²) in [7, 11) is 0. The van der Waals surface area contributed by atoms with Crippen LogP contribution in [0.5, 0.6) is 0 Å². The fraction of sp³-hybridized carbons (Fsp3) is 0.667. The van der Waals surface area contributed by atoms with Gasteiger partial charge in [-0.1, -0.05) is 25.4 Å². The minimum absolute atomic E-state index is 0.307. The van der Waals surface area contributed by atoms with Gasteiger partial charge in [-0.05, 0) is 6.92 Å². The van der Waals surface area contributed by atoms with E-state index in [2.05, 4.69) is 35.6 Å². The lowest BCUT2D eigenvalue weighted by Gasteiger charge is -2.34. The Kier molecular flexibility index (Phi) is 4.15. The van der Waals surface area contributed by atoms with Gasteiger partial charge < -0.3 is 4.90 Å². The van der Waals surface area contributed by atoms with Gasteiger partial charge in [0, 0.05) is 36.1 Å². The molecule has 1 aliphatic heterocycles. The first-order chi connectivity index (χ1) is 8.08. The lowest BCUT2D eigenvalue weighted by molar-refractivity contribution is 0.677. The second-order valence-corrected chi connectivity index (χ2v) is 6.22. The smallest absolute Gasteiger partial charge is 0.135 e. The highest BCUT2D eigenvalue weighted by Gasteiger charge is 2.21. The molecule has 94 valence electrons. The van der Waals surface area contributed by atoms with Gasteiger partial charge in [0.05, 0.1) is 0 Å². The molecule has 0 bridgehead atoms. The van der Waals surface area contributed by atoms with Crippen molar-refractivity contribution < 1.29 is 0 Å². The first kappa shape index (κ1) is 13.0. The fourth-order valence-electron chi connectivity index (χ4n) is 1.90. The lowest BCUT2D eigenvalue weighted by Crippen LogP contribution is -2.41. The standard InChI is InChI=1S/C12H18ClN3S/c1-8(2)12-14-10(13)6-11(15-12)16-4-5-17-7-9(16)3/h6,8-9H,4-5,7H2,1-3H3. The second kappa shape index (κ2) is 5.44. The highest BCUT2D eigenvalue weighted by atomic mass is 35.5. The minimum atomic E-state index is 0.307. The van der Waals surface area contributed by atoms with E-state index >= 15 is 0 Å². The van der Waals surface area contributed by atoms with E-state index in [1.807, 2.05) is 17.8 Å². The Hall–Kier alpha value is -0.480. The largest absolute Gasteiger partial charge is 0.352 e. The van der Waals surface area contributed by atoms with Crippen molar-refractivity contribution in [3.8, 4) is 0 Å². The van der Waals surface area contributed by atoms with Crippen molar-refractivity contribution in [2.75, 3.05) is 23.0 Å². The molecule has 0 amide bonds. The van der Waals surface area contributed by atoms with Crippen molar-refractivity contribution in [1.29, 1.82) is 0 Å². The third-order valence-electron chi connectivity index (χ3n) is 2.88. The molecule has 1 aromatic rings. The summed E-state index contributed by atoms with van der Waals surface area (Å²) < 4.78 is 0. The SMILES string of the molecule is CC(C)c1nc(Cl)cc(N2CCSCC2C)n1. The first-order valence-corrected chi connectivity index (χ1v) is 7.50. The van der Waals surface area contributed by atoms with Crippen molar-refractivity contribution in [2.24, 2.45) is 0 Å². The van der Waals surface area contributed by atoms with Crippen molar-refractivity contribution in [1.82, 2.24) is 9.97 Å². The Bertz CT molecular complexity index is 397. The van der Waals surface area contributed by atoms with E-state index in [1.54, 1.807) is 0 Å². The van der Waals surface area contributed by atoms with Crippen LogP contribution in [0.3, 0.4) is 0 Å². The number of nitrogens with zero attached hydrogens (tertiary/aromatic N) is 3. The molecule has 0 aliphatic carbocycles. The number of halogens is 1. The summed E-state index contributed by atoms with van der Waals surface area (Å²) in [6.45, 7) is 7.45. The molecule has 2 heterocycles. The molecule has 0 N–H and O–H groups in total. The third kappa shape index (κ3) is 3.05. The zero-order valence-electron chi connectivity index (χ0n) is 10.5. The molecule has 0 spiro atoms. The van der Waals surface area contributed by atoms with E-state index in [9.17, 15) is 0 Å². The van der Waals surface area contributed by atoms with Crippen LogP contribution in [0.4, 0.5) is 5.82 Å². The van der Waals surface area contributed by atoms with Gasteiger partial charge in [-0.3, -0.25) is 0 Å². The van der Waals surface area contributed by atoms with E-state index in [1.165, 1.54) is 0 Å². The normalized spacial score (nSPS) is 21.0. The maximum Gasteiger partial charge on any atom is 0.135 e. The van der Waals surface area contributed by atoms with Gasteiger partial charge in [0.15, 0.2) is 0 Å². The molecule has 1 aliphatic rings. The van der Waals surface area contributed by atoms with Crippen LogP contribution in [0.25, 0.3) is 0 Å². The molecule has 3 nitrogen and oxygen atoms in total. The van der Waals surface area contributed by atoms with Gasteiger partial charge in [-0.2, -0.15) is 11.8 Å². The van der Waals surface area contributed by atoms with Gasteiger partial charge in [-0.15, -0.1) is 0 Å². The molecule has 2 rings (SSSR count). The number of aromatic nitrogens is 2. The molecule has 1 fully saturated rings. The molecule has 1 aromatic heterocycles. The molecule has 1 saturated heterocycles. The highest BCUT2D eigenvalue weighted by molar-refractivity contribution is 7.99. The zero-order chi connectivity index (χ0) is 12.4. The van der Waals surface area contributed by atoms with Crippen molar-refractivity contribution in [2.45, 2.75) is 32.7 Å². The Morgan fingerprint density at radius 3 is 2.88 bits per heavy atom. The van der Waals surface area contributed by atoms with Crippen LogP contribution in [0.15, 0.2) is 6.07 Å². The molecule has 17 heavy (non-hydrogen) atoms. The number of thioether (sulfide) groups is 1. The summed E-state index contributed by atoms with van der Waals surface area (Å²) in [6.07, 6.45) is 0. The summed E-state index contributed by atoms with van der Waals surface area (Å²) in [6, 6.07) is 2.39. The topological polar surface area (TPSA) is 29.0 Å². The Morgan fingerprint density at radius 2 is 2.24 bits per heavy atom. The molecular weight excluding hydrogens is 254 g/mol. The van der Waals surface area contributed by atoms with Gasteiger partial charge in [0.2, 0.25) is 0 Å². The minimum Gasteiger partial charge on any atom is -0.352 e. The molecule has 5 heteroatoms. The predicted octanol–water partition coefficient (Wildman–Crippen LogP) is 3.20. The van der Waals surface area contributed by atoms with Gasteiger partial charge >= 0.3 is 0 Å². The predicted molar refractivity (Wildman–Crippen MR) is 75.3 cm³/mol. The van der Waals surface area contributed by atoms with Crippen LogP contribution < -0.4 is 4.90 Å². The van der Waals surface area contributed by atoms with E-state index < -0.39 is 0 Å². The van der Waals surface area contributed by atoms with Crippen molar-refractivity contribution >= 4 is 29.2 Å². The fourth-order valence-corrected chi connectivity index (χ4v) is 3.09. The van der Waals surface area contributed by atoms with Crippen LogP contribution in [0, 0.1) is 0 Å². The van der Waals surface area contributed by atoms with E-state index in [4.69, 9.17) is 11.6 Å². The molecular formula is C12H18ClN3S. The monoisotopic (exact) mass is 271 g/mol. The van der Waals surface area contributed by atoms with E-state index in [0.717, 1.165) is 29.7 Å².